The normalized spacial score (nSPS) is 19.5. The largest absolute Gasteiger partial charge is 0.393 e. The Hall–Kier alpha value is -2.66. The zero-order chi connectivity index (χ0) is 20.4. The van der Waals surface area contributed by atoms with Gasteiger partial charge in [-0.15, -0.1) is 10.2 Å². The summed E-state index contributed by atoms with van der Waals surface area (Å²) in [5.74, 6) is 0.162. The number of sulfonamides is 1. The standard InChI is InChI=1S/C19H22N6O3S/c20-29(27,28)17-3-1-2-16(18(17)19-22-24-25-23-19)13-6-4-12(5-7-13)11-21-14-8-9-15(26)10-14/h1-7,14-15,21,26H,8-11H2,(H2,20,27,28)(H,22,23,24,25)/t14-,15+/m1/s1. The fraction of sp³-hybridized carbons (Fsp3) is 0.316. The van der Waals surface area contributed by atoms with Gasteiger partial charge < -0.3 is 10.4 Å². The number of nitrogens with two attached hydrogens (primary N) is 1. The number of nitrogens with zero attached hydrogens (tertiary/aromatic N) is 3. The van der Waals surface area contributed by atoms with Gasteiger partial charge in [-0.25, -0.2) is 13.6 Å². The molecule has 9 nitrogen and oxygen atoms in total. The van der Waals surface area contributed by atoms with E-state index in [1.165, 1.54) is 6.07 Å². The second-order valence-corrected chi connectivity index (χ2v) is 8.73. The highest BCUT2D eigenvalue weighted by Crippen LogP contribution is 2.34. The molecule has 0 spiro atoms. The third kappa shape index (κ3) is 4.35. The van der Waals surface area contributed by atoms with Crippen LogP contribution in [-0.4, -0.2) is 46.3 Å². The van der Waals surface area contributed by atoms with Crippen molar-refractivity contribution in [3.8, 4) is 22.5 Å². The van der Waals surface area contributed by atoms with E-state index >= 15 is 0 Å². The molecule has 4 rings (SSSR count). The number of aliphatic hydroxyl groups is 1. The lowest BCUT2D eigenvalue weighted by Crippen LogP contribution is -2.26. The highest BCUT2D eigenvalue weighted by atomic mass is 32.2. The Kier molecular flexibility index (Phi) is 5.41. The molecule has 1 aliphatic rings. The van der Waals surface area contributed by atoms with Crippen molar-refractivity contribution >= 4 is 10.0 Å². The Morgan fingerprint density at radius 1 is 1.17 bits per heavy atom. The maximum absolute atomic E-state index is 12.1. The van der Waals surface area contributed by atoms with Crippen LogP contribution < -0.4 is 10.5 Å². The molecule has 0 bridgehead atoms. The first kappa shape index (κ1) is 19.6. The van der Waals surface area contributed by atoms with Crippen LogP contribution in [0.3, 0.4) is 0 Å². The average molecular weight is 414 g/mol. The van der Waals surface area contributed by atoms with Crippen LogP contribution in [0.25, 0.3) is 22.5 Å². The lowest BCUT2D eigenvalue weighted by molar-refractivity contribution is 0.179. The van der Waals surface area contributed by atoms with Crippen molar-refractivity contribution in [1.82, 2.24) is 25.9 Å². The van der Waals surface area contributed by atoms with Gasteiger partial charge in [0, 0.05) is 12.6 Å². The molecule has 0 saturated heterocycles. The van der Waals surface area contributed by atoms with Crippen molar-refractivity contribution in [3.63, 3.8) is 0 Å². The maximum atomic E-state index is 12.1. The Morgan fingerprint density at radius 3 is 2.59 bits per heavy atom. The molecule has 10 heteroatoms. The van der Waals surface area contributed by atoms with E-state index in [2.05, 4.69) is 25.9 Å². The van der Waals surface area contributed by atoms with Crippen molar-refractivity contribution < 1.29 is 13.5 Å². The minimum atomic E-state index is -3.97. The highest BCUT2D eigenvalue weighted by Gasteiger charge is 2.23. The molecule has 1 saturated carbocycles. The summed E-state index contributed by atoms with van der Waals surface area (Å²) in [6, 6.07) is 13.0. The van der Waals surface area contributed by atoms with Crippen LogP contribution in [0.15, 0.2) is 47.4 Å². The van der Waals surface area contributed by atoms with Crippen LogP contribution in [0, 0.1) is 0 Å². The van der Waals surface area contributed by atoms with E-state index in [4.69, 9.17) is 5.14 Å². The molecule has 3 aromatic rings. The summed E-state index contributed by atoms with van der Waals surface area (Å²) < 4.78 is 24.2. The molecule has 1 aliphatic carbocycles. The van der Waals surface area contributed by atoms with Gasteiger partial charge in [0.1, 0.15) is 0 Å². The summed E-state index contributed by atoms with van der Waals surface area (Å²) in [5.41, 5.74) is 2.88. The smallest absolute Gasteiger partial charge is 0.238 e. The van der Waals surface area contributed by atoms with E-state index in [-0.39, 0.29) is 16.8 Å². The van der Waals surface area contributed by atoms with Crippen LogP contribution in [0.5, 0.6) is 0 Å². The molecule has 5 N–H and O–H groups in total. The summed E-state index contributed by atoms with van der Waals surface area (Å²) in [6.07, 6.45) is 2.40. The maximum Gasteiger partial charge on any atom is 0.238 e. The summed E-state index contributed by atoms with van der Waals surface area (Å²) in [4.78, 5) is -0.0538. The molecule has 1 fully saturated rings. The monoisotopic (exact) mass is 414 g/mol. The van der Waals surface area contributed by atoms with Crippen LogP contribution in [0.4, 0.5) is 0 Å². The van der Waals surface area contributed by atoms with E-state index < -0.39 is 10.0 Å². The van der Waals surface area contributed by atoms with Crippen LogP contribution in [0.2, 0.25) is 0 Å². The van der Waals surface area contributed by atoms with Gasteiger partial charge in [0.15, 0.2) is 0 Å². The number of hydrogen-bond acceptors (Lipinski definition) is 7. The van der Waals surface area contributed by atoms with Crippen molar-refractivity contribution in [2.75, 3.05) is 0 Å². The molecule has 29 heavy (non-hydrogen) atoms. The molecule has 2 atom stereocenters. The number of benzene rings is 2. The van der Waals surface area contributed by atoms with Crippen LogP contribution >= 0.6 is 0 Å². The van der Waals surface area contributed by atoms with Gasteiger partial charge in [-0.05, 0) is 47.2 Å². The van der Waals surface area contributed by atoms with E-state index in [0.717, 1.165) is 30.4 Å². The van der Waals surface area contributed by atoms with Crippen molar-refractivity contribution in [3.05, 3.63) is 48.0 Å². The van der Waals surface area contributed by atoms with Gasteiger partial charge in [0.25, 0.3) is 0 Å². The Balaban J connectivity index is 1.63. The van der Waals surface area contributed by atoms with Gasteiger partial charge in [0.05, 0.1) is 16.6 Å². The second-order valence-electron chi connectivity index (χ2n) is 7.20. The number of rotatable bonds is 6. The van der Waals surface area contributed by atoms with Crippen LogP contribution in [-0.2, 0) is 16.6 Å². The third-order valence-corrected chi connectivity index (χ3v) is 6.12. The number of hydrogen-bond donors (Lipinski definition) is 4. The fourth-order valence-corrected chi connectivity index (χ4v) is 4.47. The fourth-order valence-electron chi connectivity index (χ4n) is 3.71. The number of nitrogens with one attached hydrogen (secondary N) is 2. The third-order valence-electron chi connectivity index (χ3n) is 5.17. The van der Waals surface area contributed by atoms with Crippen LogP contribution in [0.1, 0.15) is 24.8 Å². The molecule has 1 aromatic heterocycles. The van der Waals surface area contributed by atoms with E-state index in [1.54, 1.807) is 12.1 Å². The predicted octanol–water partition coefficient (Wildman–Crippen LogP) is 1.18. The van der Waals surface area contributed by atoms with Crippen molar-refractivity contribution in [1.29, 1.82) is 0 Å². The first-order valence-corrected chi connectivity index (χ1v) is 10.9. The van der Waals surface area contributed by atoms with E-state index in [9.17, 15) is 13.5 Å². The molecule has 2 aromatic carbocycles. The van der Waals surface area contributed by atoms with Gasteiger partial charge >= 0.3 is 0 Å². The molecule has 1 heterocycles. The number of aromatic nitrogens is 4. The molecule has 0 unspecified atom stereocenters. The quantitative estimate of drug-likeness (QED) is 0.473. The molecule has 152 valence electrons. The van der Waals surface area contributed by atoms with E-state index in [0.29, 0.717) is 23.7 Å². The lowest BCUT2D eigenvalue weighted by atomic mass is 9.98. The topological polar surface area (TPSA) is 147 Å². The van der Waals surface area contributed by atoms with Crippen molar-refractivity contribution in [2.45, 2.75) is 42.8 Å². The van der Waals surface area contributed by atoms with Gasteiger partial charge in [-0.3, -0.25) is 0 Å². The number of primary sulfonamides is 1. The number of aromatic amines is 1. The molecule has 0 aliphatic heterocycles. The lowest BCUT2D eigenvalue weighted by Gasteiger charge is -2.14. The first-order chi connectivity index (χ1) is 13.9. The Bertz CT molecular complexity index is 1080. The Labute approximate surface area is 168 Å². The summed E-state index contributed by atoms with van der Waals surface area (Å²) in [5, 5.41) is 32.3. The predicted molar refractivity (Wildman–Crippen MR) is 107 cm³/mol. The minimum Gasteiger partial charge on any atom is -0.393 e. The summed E-state index contributed by atoms with van der Waals surface area (Å²) in [6.45, 7) is 0.701. The molecular formula is C19H22N6O3S. The highest BCUT2D eigenvalue weighted by molar-refractivity contribution is 7.89. The SMILES string of the molecule is NS(=O)(=O)c1cccc(-c2ccc(CN[C@@H]3CC[C@H](O)C3)cc2)c1-c1nn[nH]n1. The molecule has 0 amide bonds. The van der Waals surface area contributed by atoms with E-state index in [1.807, 2.05) is 24.3 Å². The van der Waals surface area contributed by atoms with Gasteiger partial charge in [0.2, 0.25) is 15.8 Å². The molecular weight excluding hydrogens is 392 g/mol. The second kappa shape index (κ2) is 7.99. The van der Waals surface area contributed by atoms with Gasteiger partial charge in [-0.2, -0.15) is 5.21 Å². The number of tetrazole rings is 1. The minimum absolute atomic E-state index is 0.0538. The van der Waals surface area contributed by atoms with Crippen molar-refractivity contribution in [2.24, 2.45) is 5.14 Å². The number of aliphatic hydroxyl groups excluding tert-OH is 1. The number of H-pyrrole nitrogens is 1. The summed E-state index contributed by atoms with van der Waals surface area (Å²) >= 11 is 0. The first-order valence-electron chi connectivity index (χ1n) is 9.32. The van der Waals surface area contributed by atoms with Gasteiger partial charge in [-0.1, -0.05) is 36.4 Å². The Morgan fingerprint density at radius 2 is 1.97 bits per heavy atom. The summed E-state index contributed by atoms with van der Waals surface area (Å²) in [7, 11) is -3.97. The average Bonchev–Trinajstić information content (AvgIpc) is 3.37. The zero-order valence-corrected chi connectivity index (χ0v) is 16.4. The zero-order valence-electron chi connectivity index (χ0n) is 15.6. The molecule has 0 radical (unpaired) electrons.